The fourth-order valence-electron chi connectivity index (χ4n) is 4.40. The van der Waals surface area contributed by atoms with E-state index in [4.69, 9.17) is 9.84 Å². The molecular formula is C26H32N2O5. The third kappa shape index (κ3) is 6.34. The molecule has 0 heterocycles. The summed E-state index contributed by atoms with van der Waals surface area (Å²) in [5.74, 6) is -1.25. The van der Waals surface area contributed by atoms with Gasteiger partial charge in [0.1, 0.15) is 6.61 Å². The van der Waals surface area contributed by atoms with Crippen LogP contribution in [0.4, 0.5) is 4.79 Å². The van der Waals surface area contributed by atoms with Crippen LogP contribution in [0.2, 0.25) is 0 Å². The molecule has 0 spiro atoms. The van der Waals surface area contributed by atoms with E-state index in [9.17, 15) is 14.4 Å². The number of aliphatic carboxylic acids is 1. The van der Waals surface area contributed by atoms with Gasteiger partial charge in [0.15, 0.2) is 0 Å². The lowest BCUT2D eigenvalue weighted by Gasteiger charge is -2.21. The summed E-state index contributed by atoms with van der Waals surface area (Å²) in [4.78, 5) is 35.9. The molecule has 0 saturated heterocycles. The molecule has 0 aliphatic heterocycles. The van der Waals surface area contributed by atoms with E-state index < -0.39 is 24.1 Å². The van der Waals surface area contributed by atoms with Crippen molar-refractivity contribution in [3.63, 3.8) is 0 Å². The highest BCUT2D eigenvalue weighted by molar-refractivity contribution is 5.80. The second kappa shape index (κ2) is 11.5. The van der Waals surface area contributed by atoms with Gasteiger partial charge in [-0.2, -0.15) is 0 Å². The van der Waals surface area contributed by atoms with Crippen LogP contribution in [0.3, 0.4) is 0 Å². The summed E-state index contributed by atoms with van der Waals surface area (Å²) in [7, 11) is 0. The highest BCUT2D eigenvalue weighted by atomic mass is 16.5. The molecule has 1 aliphatic carbocycles. The van der Waals surface area contributed by atoms with Gasteiger partial charge >= 0.3 is 12.1 Å². The maximum atomic E-state index is 12.5. The molecule has 33 heavy (non-hydrogen) atoms. The number of hydrogen-bond donors (Lipinski definition) is 3. The fourth-order valence-corrected chi connectivity index (χ4v) is 4.40. The molecule has 7 nitrogen and oxygen atoms in total. The topological polar surface area (TPSA) is 105 Å². The molecule has 0 radical (unpaired) electrons. The average molecular weight is 453 g/mol. The summed E-state index contributed by atoms with van der Waals surface area (Å²) in [5, 5.41) is 14.6. The van der Waals surface area contributed by atoms with Crippen LogP contribution in [0.25, 0.3) is 11.1 Å². The van der Waals surface area contributed by atoms with Crippen molar-refractivity contribution in [2.75, 3.05) is 6.61 Å². The predicted octanol–water partition coefficient (Wildman–Crippen LogP) is 4.45. The van der Waals surface area contributed by atoms with Crippen LogP contribution in [0, 0.1) is 0 Å². The number of ether oxygens (including phenoxy) is 1. The van der Waals surface area contributed by atoms with Gasteiger partial charge in [-0.15, -0.1) is 0 Å². The molecule has 0 saturated carbocycles. The molecule has 2 aromatic carbocycles. The molecule has 0 fully saturated rings. The van der Waals surface area contributed by atoms with Crippen molar-refractivity contribution >= 4 is 18.0 Å². The zero-order valence-electron chi connectivity index (χ0n) is 19.2. The van der Waals surface area contributed by atoms with Gasteiger partial charge in [-0.25, -0.2) is 4.79 Å². The van der Waals surface area contributed by atoms with Crippen LogP contribution in [0.15, 0.2) is 48.5 Å². The average Bonchev–Trinajstić information content (AvgIpc) is 3.10. The molecule has 7 heteroatoms. The third-order valence-corrected chi connectivity index (χ3v) is 6.01. The first-order chi connectivity index (χ1) is 15.9. The Morgan fingerprint density at radius 3 is 2.06 bits per heavy atom. The van der Waals surface area contributed by atoms with Crippen LogP contribution in [0.5, 0.6) is 0 Å². The Bertz CT molecular complexity index is 945. The number of rotatable bonds is 11. The Balaban J connectivity index is 1.54. The van der Waals surface area contributed by atoms with Crippen LogP contribution in [-0.4, -0.2) is 41.8 Å². The van der Waals surface area contributed by atoms with E-state index in [1.54, 1.807) is 0 Å². The Hall–Kier alpha value is -3.35. The highest BCUT2D eigenvalue weighted by Gasteiger charge is 2.29. The van der Waals surface area contributed by atoms with E-state index in [1.807, 2.05) is 38.1 Å². The maximum Gasteiger partial charge on any atom is 0.407 e. The lowest BCUT2D eigenvalue weighted by Crippen LogP contribution is -2.42. The van der Waals surface area contributed by atoms with Gasteiger partial charge < -0.3 is 20.5 Å². The minimum atomic E-state index is -0.947. The minimum Gasteiger partial charge on any atom is -0.481 e. The normalized spacial score (nSPS) is 14.0. The molecular weight excluding hydrogens is 420 g/mol. The molecule has 1 aliphatic rings. The molecule has 3 rings (SSSR count). The number of alkyl carbamates (subject to hydrolysis) is 1. The molecule has 1 unspecified atom stereocenters. The quantitative estimate of drug-likeness (QED) is 0.467. The number of carboxylic acids is 1. The monoisotopic (exact) mass is 452 g/mol. The van der Waals surface area contributed by atoms with Crippen molar-refractivity contribution in [3.05, 3.63) is 59.7 Å². The third-order valence-electron chi connectivity index (χ3n) is 6.01. The van der Waals surface area contributed by atoms with Gasteiger partial charge in [-0.3, -0.25) is 9.59 Å². The number of amides is 2. The van der Waals surface area contributed by atoms with Gasteiger partial charge in [-0.05, 0) is 35.1 Å². The fraction of sp³-hybridized carbons (Fsp3) is 0.423. The second-order valence-electron chi connectivity index (χ2n) is 8.43. The van der Waals surface area contributed by atoms with Crippen LogP contribution in [0.1, 0.15) is 63.0 Å². The Labute approximate surface area is 194 Å². The van der Waals surface area contributed by atoms with E-state index in [-0.39, 0.29) is 31.3 Å². The van der Waals surface area contributed by atoms with Crippen molar-refractivity contribution in [2.45, 2.75) is 64.0 Å². The Kier molecular flexibility index (Phi) is 8.46. The van der Waals surface area contributed by atoms with Crippen molar-refractivity contribution < 1.29 is 24.2 Å². The molecule has 2 atom stereocenters. The standard InChI is InChI=1S/C26H32N2O5/c1-3-9-18(15-25(30)31)27-24(29)14-17(4-2)28-26(32)33-16-23-21-12-7-5-10-19(21)20-11-6-8-13-22(20)23/h5-8,10-13,17-18,23H,3-4,9,14-16H2,1-2H3,(H,27,29)(H,28,32)(H,30,31)/t17-,18?/m0/s1. The van der Waals surface area contributed by atoms with Crippen molar-refractivity contribution in [1.29, 1.82) is 0 Å². The summed E-state index contributed by atoms with van der Waals surface area (Å²) < 4.78 is 5.57. The first-order valence-electron chi connectivity index (χ1n) is 11.6. The zero-order chi connectivity index (χ0) is 23.8. The van der Waals surface area contributed by atoms with E-state index >= 15 is 0 Å². The van der Waals surface area contributed by atoms with Crippen molar-refractivity contribution in [1.82, 2.24) is 10.6 Å². The smallest absolute Gasteiger partial charge is 0.407 e. The van der Waals surface area contributed by atoms with Gasteiger partial charge in [0.2, 0.25) is 5.91 Å². The Morgan fingerprint density at radius 1 is 0.909 bits per heavy atom. The maximum absolute atomic E-state index is 12.5. The second-order valence-corrected chi connectivity index (χ2v) is 8.43. The van der Waals surface area contributed by atoms with Crippen LogP contribution in [-0.2, 0) is 14.3 Å². The first kappa shape index (κ1) is 24.3. The van der Waals surface area contributed by atoms with Gasteiger partial charge in [0.05, 0.1) is 6.42 Å². The van der Waals surface area contributed by atoms with E-state index in [0.717, 1.165) is 28.7 Å². The summed E-state index contributed by atoms with van der Waals surface area (Å²) in [5.41, 5.74) is 4.60. The summed E-state index contributed by atoms with van der Waals surface area (Å²) in [6, 6.07) is 15.5. The van der Waals surface area contributed by atoms with E-state index in [1.165, 1.54) is 0 Å². The molecule has 2 aromatic rings. The number of carbonyl (C=O) groups excluding carboxylic acids is 2. The predicted molar refractivity (Wildman–Crippen MR) is 126 cm³/mol. The van der Waals surface area contributed by atoms with E-state index in [2.05, 4.69) is 34.9 Å². The Morgan fingerprint density at radius 2 is 1.52 bits per heavy atom. The van der Waals surface area contributed by atoms with Gasteiger partial charge in [0, 0.05) is 24.4 Å². The summed E-state index contributed by atoms with van der Waals surface area (Å²) in [6.07, 6.45) is 1.31. The largest absolute Gasteiger partial charge is 0.481 e. The zero-order valence-corrected chi connectivity index (χ0v) is 19.2. The van der Waals surface area contributed by atoms with Crippen molar-refractivity contribution in [3.8, 4) is 11.1 Å². The molecule has 3 N–H and O–H groups in total. The minimum absolute atomic E-state index is 0.0302. The highest BCUT2D eigenvalue weighted by Crippen LogP contribution is 2.44. The summed E-state index contributed by atoms with van der Waals surface area (Å²) in [6.45, 7) is 4.02. The first-order valence-corrected chi connectivity index (χ1v) is 11.6. The molecule has 0 aromatic heterocycles. The van der Waals surface area contributed by atoms with Gasteiger partial charge in [0.25, 0.3) is 0 Å². The molecule has 0 bridgehead atoms. The molecule has 2 amide bonds. The van der Waals surface area contributed by atoms with Crippen molar-refractivity contribution in [2.24, 2.45) is 0 Å². The number of fused-ring (bicyclic) bond motifs is 3. The van der Waals surface area contributed by atoms with E-state index in [0.29, 0.717) is 12.8 Å². The SMILES string of the molecule is CCCC(CC(=O)O)NC(=O)C[C@H](CC)NC(=O)OCC1c2ccccc2-c2ccccc21. The number of hydrogen-bond acceptors (Lipinski definition) is 4. The number of carboxylic acid groups (broad SMARTS) is 1. The van der Waals surface area contributed by atoms with Crippen LogP contribution >= 0.6 is 0 Å². The summed E-state index contributed by atoms with van der Waals surface area (Å²) >= 11 is 0. The van der Waals surface area contributed by atoms with Gasteiger partial charge in [-0.1, -0.05) is 68.8 Å². The number of benzene rings is 2. The lowest BCUT2D eigenvalue weighted by atomic mass is 9.98. The van der Waals surface area contributed by atoms with Crippen LogP contribution < -0.4 is 10.6 Å². The number of carbonyl (C=O) groups is 3. The molecule has 176 valence electrons. The number of nitrogens with one attached hydrogen (secondary N) is 2. The lowest BCUT2D eigenvalue weighted by molar-refractivity contribution is -0.137.